The molecular weight excluding hydrogens is 250 g/mol. The van der Waals surface area contributed by atoms with E-state index in [1.807, 2.05) is 43.0 Å². The zero-order valence-corrected chi connectivity index (χ0v) is 12.6. The quantitative estimate of drug-likeness (QED) is 0.565. The summed E-state index contributed by atoms with van der Waals surface area (Å²) in [5.74, 6) is 0.399. The number of hydrogen-bond acceptors (Lipinski definition) is 2. The maximum atomic E-state index is 12.3. The highest BCUT2D eigenvalue weighted by molar-refractivity contribution is 5.93. The second kappa shape index (κ2) is 8.41. The van der Waals surface area contributed by atoms with Gasteiger partial charge in [0.15, 0.2) is 0 Å². The SMILES string of the molecule is C=C(O)CCCCCC(=O)N(CC)c1ccccc1C. The summed E-state index contributed by atoms with van der Waals surface area (Å²) in [6, 6.07) is 7.97. The van der Waals surface area contributed by atoms with Crippen molar-refractivity contribution in [3.05, 3.63) is 42.2 Å². The van der Waals surface area contributed by atoms with Gasteiger partial charge in [0, 0.05) is 25.1 Å². The molecule has 1 amide bonds. The third-order valence-electron chi connectivity index (χ3n) is 3.38. The second-order valence-electron chi connectivity index (χ2n) is 5.05. The predicted octanol–water partition coefficient (Wildman–Crippen LogP) is 4.37. The van der Waals surface area contributed by atoms with E-state index in [9.17, 15) is 4.79 Å². The Morgan fingerprint density at radius 1 is 1.20 bits per heavy atom. The number of carbonyl (C=O) groups excluding carboxylic acids is 1. The van der Waals surface area contributed by atoms with Crippen LogP contribution in [0.3, 0.4) is 0 Å². The van der Waals surface area contributed by atoms with E-state index in [4.69, 9.17) is 5.11 Å². The van der Waals surface area contributed by atoms with Gasteiger partial charge >= 0.3 is 0 Å². The predicted molar refractivity (Wildman–Crippen MR) is 84.1 cm³/mol. The molecule has 0 radical (unpaired) electrons. The molecule has 0 atom stereocenters. The van der Waals surface area contributed by atoms with Crippen molar-refractivity contribution >= 4 is 11.6 Å². The van der Waals surface area contributed by atoms with Crippen LogP contribution in [0.25, 0.3) is 0 Å². The van der Waals surface area contributed by atoms with Crippen LogP contribution in [-0.2, 0) is 4.79 Å². The standard InChI is InChI=1S/C17H25NO2/c1-4-18(16-12-9-8-10-14(16)2)17(20)13-7-5-6-11-15(3)19/h8-10,12,19H,3-7,11,13H2,1-2H3. The fourth-order valence-corrected chi connectivity index (χ4v) is 2.26. The van der Waals surface area contributed by atoms with Crippen molar-refractivity contribution in [2.45, 2.75) is 46.0 Å². The molecule has 0 bridgehead atoms. The van der Waals surface area contributed by atoms with Crippen LogP contribution >= 0.6 is 0 Å². The third kappa shape index (κ3) is 5.08. The lowest BCUT2D eigenvalue weighted by atomic mass is 10.1. The van der Waals surface area contributed by atoms with E-state index in [1.165, 1.54) is 0 Å². The lowest BCUT2D eigenvalue weighted by Gasteiger charge is -2.23. The highest BCUT2D eigenvalue weighted by Crippen LogP contribution is 2.20. The maximum absolute atomic E-state index is 12.3. The molecule has 0 saturated carbocycles. The number of unbranched alkanes of at least 4 members (excludes halogenated alkanes) is 2. The van der Waals surface area contributed by atoms with Crippen LogP contribution in [0, 0.1) is 6.92 Å². The third-order valence-corrected chi connectivity index (χ3v) is 3.38. The van der Waals surface area contributed by atoms with E-state index in [0.717, 1.165) is 30.5 Å². The number of allylic oxidation sites excluding steroid dienone is 1. The summed E-state index contributed by atoms with van der Waals surface area (Å²) >= 11 is 0. The van der Waals surface area contributed by atoms with Gasteiger partial charge in [-0.05, 0) is 38.3 Å². The van der Waals surface area contributed by atoms with E-state index in [0.29, 0.717) is 19.4 Å². The number of benzene rings is 1. The number of para-hydroxylation sites is 1. The molecule has 0 spiro atoms. The van der Waals surface area contributed by atoms with Crippen LogP contribution in [0.1, 0.15) is 44.6 Å². The molecule has 0 unspecified atom stereocenters. The van der Waals surface area contributed by atoms with Gasteiger partial charge in [0.1, 0.15) is 0 Å². The Balaban J connectivity index is 2.48. The topological polar surface area (TPSA) is 40.5 Å². The summed E-state index contributed by atoms with van der Waals surface area (Å²) in [5, 5.41) is 9.00. The second-order valence-corrected chi connectivity index (χ2v) is 5.05. The summed E-state index contributed by atoms with van der Waals surface area (Å²) in [5.41, 5.74) is 2.13. The fourth-order valence-electron chi connectivity index (χ4n) is 2.26. The largest absolute Gasteiger partial charge is 0.513 e. The molecule has 1 aromatic rings. The molecular formula is C17H25NO2. The van der Waals surface area contributed by atoms with Gasteiger partial charge in [0.2, 0.25) is 5.91 Å². The van der Waals surface area contributed by atoms with Gasteiger partial charge in [-0.25, -0.2) is 0 Å². The lowest BCUT2D eigenvalue weighted by molar-refractivity contribution is -0.118. The summed E-state index contributed by atoms with van der Waals surface area (Å²) in [4.78, 5) is 14.1. The molecule has 0 aliphatic carbocycles. The Hall–Kier alpha value is -1.77. The lowest BCUT2D eigenvalue weighted by Crippen LogP contribution is -2.30. The van der Waals surface area contributed by atoms with Crippen LogP contribution in [-0.4, -0.2) is 17.6 Å². The van der Waals surface area contributed by atoms with Crippen molar-refractivity contribution in [2.75, 3.05) is 11.4 Å². The van der Waals surface area contributed by atoms with Gasteiger partial charge in [-0.3, -0.25) is 4.79 Å². The zero-order valence-electron chi connectivity index (χ0n) is 12.6. The first-order valence-electron chi connectivity index (χ1n) is 7.29. The molecule has 1 rings (SSSR count). The minimum absolute atomic E-state index is 0.171. The monoisotopic (exact) mass is 275 g/mol. The van der Waals surface area contributed by atoms with Gasteiger partial charge in [0.25, 0.3) is 0 Å². The number of nitrogens with zero attached hydrogens (tertiary/aromatic N) is 1. The molecule has 0 heterocycles. The average molecular weight is 275 g/mol. The Kier molecular flexibility index (Phi) is 6.85. The number of hydrogen-bond donors (Lipinski definition) is 1. The van der Waals surface area contributed by atoms with Gasteiger partial charge in [-0.1, -0.05) is 31.2 Å². The summed E-state index contributed by atoms with van der Waals surface area (Å²) in [7, 11) is 0. The highest BCUT2D eigenvalue weighted by atomic mass is 16.3. The summed E-state index contributed by atoms with van der Waals surface area (Å²) in [6.45, 7) is 8.18. The average Bonchev–Trinajstić information content (AvgIpc) is 2.41. The van der Waals surface area contributed by atoms with Crippen molar-refractivity contribution in [3.8, 4) is 0 Å². The van der Waals surface area contributed by atoms with Crippen LogP contribution < -0.4 is 4.90 Å². The Morgan fingerprint density at radius 2 is 1.85 bits per heavy atom. The molecule has 0 aromatic heterocycles. The Labute approximate surface area is 121 Å². The van der Waals surface area contributed by atoms with Gasteiger partial charge in [0.05, 0.1) is 5.76 Å². The van der Waals surface area contributed by atoms with Crippen molar-refractivity contribution in [2.24, 2.45) is 0 Å². The molecule has 20 heavy (non-hydrogen) atoms. The minimum atomic E-state index is 0.171. The number of aliphatic hydroxyl groups is 1. The Morgan fingerprint density at radius 3 is 2.45 bits per heavy atom. The van der Waals surface area contributed by atoms with Gasteiger partial charge in [-0.2, -0.15) is 0 Å². The molecule has 0 saturated heterocycles. The van der Waals surface area contributed by atoms with Crippen LogP contribution in [0.5, 0.6) is 0 Å². The van der Waals surface area contributed by atoms with E-state index in [-0.39, 0.29) is 11.7 Å². The first-order valence-corrected chi connectivity index (χ1v) is 7.29. The maximum Gasteiger partial charge on any atom is 0.226 e. The molecule has 110 valence electrons. The van der Waals surface area contributed by atoms with Crippen molar-refractivity contribution in [1.29, 1.82) is 0 Å². The van der Waals surface area contributed by atoms with E-state index < -0.39 is 0 Å². The molecule has 1 aromatic carbocycles. The minimum Gasteiger partial charge on any atom is -0.513 e. The van der Waals surface area contributed by atoms with Crippen molar-refractivity contribution in [1.82, 2.24) is 0 Å². The first kappa shape index (κ1) is 16.3. The van der Waals surface area contributed by atoms with Crippen molar-refractivity contribution in [3.63, 3.8) is 0 Å². The van der Waals surface area contributed by atoms with Crippen LogP contribution in [0.2, 0.25) is 0 Å². The summed E-state index contributed by atoms with van der Waals surface area (Å²) in [6.07, 6.45) is 3.87. The molecule has 0 fully saturated rings. The number of aryl methyl sites for hydroxylation is 1. The number of carbonyl (C=O) groups is 1. The molecule has 0 aliphatic heterocycles. The summed E-state index contributed by atoms with van der Waals surface area (Å²) < 4.78 is 0. The molecule has 3 heteroatoms. The van der Waals surface area contributed by atoms with E-state index >= 15 is 0 Å². The number of amides is 1. The van der Waals surface area contributed by atoms with Gasteiger partial charge < -0.3 is 10.0 Å². The van der Waals surface area contributed by atoms with Crippen LogP contribution in [0.4, 0.5) is 5.69 Å². The Bertz CT molecular complexity index is 454. The molecule has 0 aliphatic rings. The molecule has 3 nitrogen and oxygen atoms in total. The fraction of sp³-hybridized carbons (Fsp3) is 0.471. The van der Waals surface area contributed by atoms with Gasteiger partial charge in [-0.15, -0.1) is 0 Å². The zero-order chi connectivity index (χ0) is 15.0. The van der Waals surface area contributed by atoms with Crippen molar-refractivity contribution < 1.29 is 9.90 Å². The molecule has 1 N–H and O–H groups in total. The first-order chi connectivity index (χ1) is 9.56. The van der Waals surface area contributed by atoms with Crippen LogP contribution in [0.15, 0.2) is 36.6 Å². The smallest absolute Gasteiger partial charge is 0.226 e. The number of rotatable bonds is 8. The normalized spacial score (nSPS) is 10.3. The highest BCUT2D eigenvalue weighted by Gasteiger charge is 2.14. The number of aliphatic hydroxyl groups excluding tert-OH is 1. The number of anilines is 1. The van der Waals surface area contributed by atoms with E-state index in [1.54, 1.807) is 0 Å². The van der Waals surface area contributed by atoms with E-state index in [2.05, 4.69) is 6.58 Å².